The van der Waals surface area contributed by atoms with Gasteiger partial charge in [0.25, 0.3) is 0 Å². The second-order valence-electron chi connectivity index (χ2n) is 3.14. The van der Waals surface area contributed by atoms with Gasteiger partial charge in [-0.2, -0.15) is 11.8 Å². The van der Waals surface area contributed by atoms with E-state index in [0.29, 0.717) is 6.54 Å². The monoisotopic (exact) mass is 234 g/mol. The molecule has 0 aliphatic carbocycles. The Bertz CT molecular complexity index is 212. The van der Waals surface area contributed by atoms with Gasteiger partial charge < -0.3 is 15.3 Å². The van der Waals surface area contributed by atoms with Gasteiger partial charge in [0, 0.05) is 20.1 Å². The number of hydrogen-bond acceptors (Lipinski definition) is 3. The third-order valence-corrected chi connectivity index (χ3v) is 2.50. The standard InChI is InChI=1S/C9H18N2O3S/c1-11(6-3-7-15-2)9(14)10-5-4-8(12)13/h3-7H2,1-2H3,(H,10,14)(H,12,13). The summed E-state index contributed by atoms with van der Waals surface area (Å²) in [5, 5.41) is 10.9. The van der Waals surface area contributed by atoms with E-state index in [9.17, 15) is 9.59 Å². The molecule has 0 rings (SSSR count). The first-order valence-electron chi connectivity index (χ1n) is 4.77. The lowest BCUT2D eigenvalue weighted by Gasteiger charge is -2.17. The van der Waals surface area contributed by atoms with Crippen LogP contribution in [-0.2, 0) is 4.79 Å². The van der Waals surface area contributed by atoms with Crippen molar-refractivity contribution < 1.29 is 14.7 Å². The van der Waals surface area contributed by atoms with E-state index in [2.05, 4.69) is 5.32 Å². The van der Waals surface area contributed by atoms with Gasteiger partial charge in [-0.05, 0) is 18.4 Å². The summed E-state index contributed by atoms with van der Waals surface area (Å²) in [7, 11) is 1.70. The highest BCUT2D eigenvalue weighted by molar-refractivity contribution is 7.98. The molecule has 15 heavy (non-hydrogen) atoms. The summed E-state index contributed by atoms with van der Waals surface area (Å²) in [5.74, 6) is 0.118. The van der Waals surface area contributed by atoms with Crippen LogP contribution in [0.1, 0.15) is 12.8 Å². The SMILES string of the molecule is CSCCCN(C)C(=O)NCCC(=O)O. The summed E-state index contributed by atoms with van der Waals surface area (Å²) in [5.41, 5.74) is 0. The predicted molar refractivity (Wildman–Crippen MR) is 61.3 cm³/mol. The zero-order valence-corrected chi connectivity index (χ0v) is 9.97. The van der Waals surface area contributed by atoms with Gasteiger partial charge in [0.2, 0.25) is 0 Å². The normalized spacial score (nSPS) is 9.73. The van der Waals surface area contributed by atoms with Gasteiger partial charge in [0.15, 0.2) is 0 Å². The third-order valence-electron chi connectivity index (χ3n) is 1.80. The number of urea groups is 1. The van der Waals surface area contributed by atoms with Crippen molar-refractivity contribution in [3.05, 3.63) is 0 Å². The fourth-order valence-corrected chi connectivity index (χ4v) is 1.38. The van der Waals surface area contributed by atoms with Crippen molar-refractivity contribution in [1.82, 2.24) is 10.2 Å². The molecule has 0 aliphatic heterocycles. The second kappa shape index (κ2) is 8.40. The van der Waals surface area contributed by atoms with Crippen LogP contribution in [0, 0.1) is 0 Å². The maximum Gasteiger partial charge on any atom is 0.317 e. The highest BCUT2D eigenvalue weighted by atomic mass is 32.2. The first-order chi connectivity index (χ1) is 7.07. The Hall–Kier alpha value is -0.910. The highest BCUT2D eigenvalue weighted by Gasteiger charge is 2.07. The largest absolute Gasteiger partial charge is 0.481 e. The molecule has 0 unspecified atom stereocenters. The Morgan fingerprint density at radius 2 is 2.13 bits per heavy atom. The fraction of sp³-hybridized carbons (Fsp3) is 0.778. The number of carbonyl (C=O) groups is 2. The minimum absolute atomic E-state index is 0.0373. The van der Waals surface area contributed by atoms with Gasteiger partial charge in [-0.1, -0.05) is 0 Å². The molecule has 0 bridgehead atoms. The van der Waals surface area contributed by atoms with E-state index in [1.165, 1.54) is 0 Å². The lowest BCUT2D eigenvalue weighted by atomic mass is 10.4. The van der Waals surface area contributed by atoms with E-state index in [1.807, 2.05) is 6.26 Å². The van der Waals surface area contributed by atoms with Crippen molar-refractivity contribution >= 4 is 23.8 Å². The van der Waals surface area contributed by atoms with Crippen molar-refractivity contribution in [3.63, 3.8) is 0 Å². The molecule has 5 nitrogen and oxygen atoms in total. The number of amides is 2. The molecule has 0 radical (unpaired) electrons. The first kappa shape index (κ1) is 14.1. The Morgan fingerprint density at radius 3 is 2.67 bits per heavy atom. The molecule has 2 amide bonds. The molecule has 0 saturated heterocycles. The molecule has 0 spiro atoms. The van der Waals surface area contributed by atoms with Crippen LogP contribution in [0.3, 0.4) is 0 Å². The zero-order chi connectivity index (χ0) is 11.7. The van der Waals surface area contributed by atoms with Crippen LogP contribution in [0.4, 0.5) is 4.79 Å². The predicted octanol–water partition coefficient (Wildman–Crippen LogP) is 0.856. The molecule has 0 aliphatic rings. The Morgan fingerprint density at radius 1 is 1.47 bits per heavy atom. The summed E-state index contributed by atoms with van der Waals surface area (Å²) in [6, 6.07) is -0.211. The van der Waals surface area contributed by atoms with Gasteiger partial charge in [0.05, 0.1) is 6.42 Å². The number of hydrogen-bond donors (Lipinski definition) is 2. The third kappa shape index (κ3) is 8.11. The summed E-state index contributed by atoms with van der Waals surface area (Å²) in [4.78, 5) is 23.1. The summed E-state index contributed by atoms with van der Waals surface area (Å²) < 4.78 is 0. The van der Waals surface area contributed by atoms with E-state index < -0.39 is 5.97 Å². The van der Waals surface area contributed by atoms with Crippen molar-refractivity contribution in [1.29, 1.82) is 0 Å². The number of rotatable bonds is 7. The van der Waals surface area contributed by atoms with E-state index >= 15 is 0 Å². The molecule has 0 atom stereocenters. The first-order valence-corrected chi connectivity index (χ1v) is 6.17. The fourth-order valence-electron chi connectivity index (χ4n) is 0.959. The number of carboxylic acid groups (broad SMARTS) is 1. The lowest BCUT2D eigenvalue weighted by Crippen LogP contribution is -2.38. The van der Waals surface area contributed by atoms with Crippen LogP contribution in [0.15, 0.2) is 0 Å². The quantitative estimate of drug-likeness (QED) is 0.641. The minimum Gasteiger partial charge on any atom is -0.481 e. The molecule has 6 heteroatoms. The Labute approximate surface area is 94.2 Å². The van der Waals surface area contributed by atoms with Crippen molar-refractivity contribution in [2.24, 2.45) is 0 Å². The topological polar surface area (TPSA) is 69.6 Å². The van der Waals surface area contributed by atoms with Crippen LogP contribution in [0.2, 0.25) is 0 Å². The number of nitrogens with one attached hydrogen (secondary N) is 1. The molecular formula is C9H18N2O3S. The number of nitrogens with zero attached hydrogens (tertiary/aromatic N) is 1. The number of aliphatic carboxylic acids is 1. The molecule has 0 heterocycles. The van der Waals surface area contributed by atoms with E-state index in [4.69, 9.17) is 5.11 Å². The maximum atomic E-state index is 11.3. The molecule has 0 aromatic rings. The lowest BCUT2D eigenvalue weighted by molar-refractivity contribution is -0.136. The number of carbonyl (C=O) groups excluding carboxylic acids is 1. The van der Waals surface area contributed by atoms with E-state index in [0.717, 1.165) is 12.2 Å². The van der Waals surface area contributed by atoms with Crippen molar-refractivity contribution in [2.45, 2.75) is 12.8 Å². The second-order valence-corrected chi connectivity index (χ2v) is 4.13. The van der Waals surface area contributed by atoms with E-state index in [-0.39, 0.29) is 19.0 Å². The average Bonchev–Trinajstić information content (AvgIpc) is 2.17. The van der Waals surface area contributed by atoms with Gasteiger partial charge in [-0.25, -0.2) is 4.79 Å². The van der Waals surface area contributed by atoms with Crippen LogP contribution in [0.5, 0.6) is 0 Å². The van der Waals surface area contributed by atoms with E-state index in [1.54, 1.807) is 23.7 Å². The molecule has 0 fully saturated rings. The summed E-state index contributed by atoms with van der Waals surface area (Å²) >= 11 is 1.74. The number of thioether (sulfide) groups is 1. The molecule has 2 N–H and O–H groups in total. The van der Waals surface area contributed by atoms with Gasteiger partial charge >= 0.3 is 12.0 Å². The van der Waals surface area contributed by atoms with Crippen LogP contribution >= 0.6 is 11.8 Å². The molecule has 0 aromatic carbocycles. The van der Waals surface area contributed by atoms with Crippen LogP contribution in [-0.4, -0.2) is 54.2 Å². The maximum absolute atomic E-state index is 11.3. The van der Waals surface area contributed by atoms with Crippen molar-refractivity contribution in [3.8, 4) is 0 Å². The molecule has 0 saturated carbocycles. The smallest absolute Gasteiger partial charge is 0.317 e. The average molecular weight is 234 g/mol. The Kier molecular flexibility index (Phi) is 7.89. The van der Waals surface area contributed by atoms with Crippen LogP contribution in [0.25, 0.3) is 0 Å². The highest BCUT2D eigenvalue weighted by Crippen LogP contribution is 1.97. The minimum atomic E-state index is -0.902. The zero-order valence-electron chi connectivity index (χ0n) is 9.15. The molecule has 88 valence electrons. The van der Waals surface area contributed by atoms with Crippen LogP contribution < -0.4 is 5.32 Å². The molecule has 0 aromatic heterocycles. The summed E-state index contributed by atoms with van der Waals surface area (Å²) in [6.45, 7) is 0.876. The molecular weight excluding hydrogens is 216 g/mol. The van der Waals surface area contributed by atoms with Gasteiger partial charge in [0.1, 0.15) is 0 Å². The van der Waals surface area contributed by atoms with Crippen molar-refractivity contribution in [2.75, 3.05) is 32.1 Å². The van der Waals surface area contributed by atoms with Gasteiger partial charge in [-0.3, -0.25) is 4.79 Å². The summed E-state index contributed by atoms with van der Waals surface area (Å²) in [6.07, 6.45) is 2.93. The van der Waals surface area contributed by atoms with Gasteiger partial charge in [-0.15, -0.1) is 0 Å². The Balaban J connectivity index is 3.55. The number of carboxylic acids is 1.